The first-order chi connectivity index (χ1) is 38.8. The number of ether oxygens (including phenoxy) is 1. The third-order valence-electron chi connectivity index (χ3n) is 14.7. The first kappa shape index (κ1) is 37.4. The summed E-state index contributed by atoms with van der Waals surface area (Å²) in [5.41, 5.74) is 14.2. The Morgan fingerprint density at radius 3 is 1.33 bits per heavy atom. The molecule has 73 heavy (non-hydrogen) atoms. The van der Waals surface area contributed by atoms with Crippen LogP contribution >= 0.6 is 0 Å². The average molecular weight is 960 g/mol. The van der Waals surface area contributed by atoms with Crippen LogP contribution in [-0.2, 0) is 21.7 Å². The van der Waals surface area contributed by atoms with Crippen LogP contribution in [0.2, 0.25) is 0 Å². The minimum Gasteiger partial charge on any atom is -0.458 e. The normalized spacial score (nSPS) is 15.2. The Hall–Kier alpha value is -7.36. The summed E-state index contributed by atoms with van der Waals surface area (Å²) in [6.45, 7) is 26.3. The Balaban J connectivity index is 1.31. The van der Waals surface area contributed by atoms with Crippen molar-refractivity contribution in [1.29, 1.82) is 0 Å². The molecule has 0 fully saturated rings. The van der Waals surface area contributed by atoms with E-state index in [4.69, 9.17) is 13.0 Å². The fourth-order valence-corrected chi connectivity index (χ4v) is 10.4. The molecule has 0 aromatic heterocycles. The highest BCUT2D eigenvalue weighted by Crippen LogP contribution is 2.50. The van der Waals surface area contributed by atoms with Gasteiger partial charge < -0.3 is 9.64 Å². The van der Waals surface area contributed by atoms with Gasteiger partial charge in [0.1, 0.15) is 11.5 Å². The summed E-state index contributed by atoms with van der Waals surface area (Å²) >= 11 is 0. The van der Waals surface area contributed by atoms with Gasteiger partial charge in [-0.1, -0.05) is 253 Å². The van der Waals surface area contributed by atoms with Crippen LogP contribution in [0.4, 0.5) is 17.1 Å². The van der Waals surface area contributed by atoms with Crippen molar-refractivity contribution < 1.29 is 18.4 Å². The van der Waals surface area contributed by atoms with Crippen LogP contribution in [0.25, 0.3) is 55.6 Å². The summed E-state index contributed by atoms with van der Waals surface area (Å²) < 4.78 is 98.7. The van der Waals surface area contributed by atoms with E-state index >= 15 is 0 Å². The number of hydrogen-bond donors (Lipinski definition) is 0. The molecule has 0 amide bonds. The maximum atomic E-state index is 9.52. The molecule has 0 saturated heterocycles. The zero-order chi connectivity index (χ0) is 59.9. The summed E-state index contributed by atoms with van der Waals surface area (Å²) in [7, 11) is 0. The van der Waals surface area contributed by atoms with Crippen LogP contribution in [0.1, 0.15) is 119 Å². The number of para-hydroxylation sites is 1. The van der Waals surface area contributed by atoms with Gasteiger partial charge in [0, 0.05) is 22.5 Å². The van der Waals surface area contributed by atoms with Gasteiger partial charge in [0.25, 0.3) is 6.71 Å². The Labute approximate surface area is 449 Å². The third kappa shape index (κ3) is 8.92. The van der Waals surface area contributed by atoms with E-state index in [1.807, 2.05) is 35.2 Å². The first-order valence-corrected chi connectivity index (χ1v) is 25.4. The maximum Gasteiger partial charge on any atom is 0.256 e. The van der Waals surface area contributed by atoms with Crippen molar-refractivity contribution in [2.24, 2.45) is 0 Å². The predicted octanol–water partition coefficient (Wildman–Crippen LogP) is 17.6. The van der Waals surface area contributed by atoms with Gasteiger partial charge in [-0.25, -0.2) is 0 Å². The smallest absolute Gasteiger partial charge is 0.256 e. The Morgan fingerprint density at radius 1 is 0.370 bits per heavy atom. The molecule has 0 aliphatic carbocycles. The molecule has 0 unspecified atom stereocenters. The van der Waals surface area contributed by atoms with Gasteiger partial charge in [-0.3, -0.25) is 0 Å². The molecule has 0 atom stereocenters. The molecule has 2 aliphatic heterocycles. The number of benzene rings is 9. The average Bonchev–Trinajstić information content (AvgIpc) is 0.829. The Bertz CT molecular complexity index is 3970. The molecule has 9 aromatic carbocycles. The van der Waals surface area contributed by atoms with Crippen molar-refractivity contribution in [1.82, 2.24) is 0 Å². The maximum absolute atomic E-state index is 9.52. The van der Waals surface area contributed by atoms with Crippen LogP contribution < -0.4 is 26.0 Å². The van der Waals surface area contributed by atoms with E-state index < -0.39 is 67.1 Å². The standard InChI is InChI=1S/C70H68BNO/c1-67(2,3)53-35-50(36-54(43-53)68(4,5)6)48-31-33-61-59(39-48)71-60-40-49(51-37-55(69(7,8)9)44-56(38-51)70(10,11)12)32-34-63(60)73-64-42-52(45-23-16-13-17-24-45)41-62(65(64)71)72(61)66-57(46-25-18-14-19-26-46)29-22-30-58(66)47-27-20-15-21-28-47/h13-44H,1-12H3/i14D,15D,18D,19D,20D,21D,25D,26D,27D,28D. The van der Waals surface area contributed by atoms with Gasteiger partial charge in [-0.05, 0) is 129 Å². The van der Waals surface area contributed by atoms with Gasteiger partial charge in [0.15, 0.2) is 0 Å². The molecule has 11 rings (SSSR count). The van der Waals surface area contributed by atoms with Crippen molar-refractivity contribution in [3.8, 4) is 67.1 Å². The minimum absolute atomic E-state index is 0.111. The zero-order valence-corrected chi connectivity index (χ0v) is 44.1. The largest absolute Gasteiger partial charge is 0.458 e. The molecule has 0 spiro atoms. The highest BCUT2D eigenvalue weighted by atomic mass is 16.5. The number of anilines is 3. The van der Waals surface area contributed by atoms with E-state index in [1.54, 1.807) is 18.2 Å². The van der Waals surface area contributed by atoms with Gasteiger partial charge in [-0.15, -0.1) is 0 Å². The lowest BCUT2D eigenvalue weighted by Crippen LogP contribution is -2.59. The van der Waals surface area contributed by atoms with Gasteiger partial charge in [0.05, 0.1) is 19.4 Å². The van der Waals surface area contributed by atoms with Crippen LogP contribution in [0.15, 0.2) is 194 Å². The molecule has 0 saturated carbocycles. The first-order valence-electron chi connectivity index (χ1n) is 30.4. The molecular weight excluding hydrogens is 882 g/mol. The highest BCUT2D eigenvalue weighted by molar-refractivity contribution is 6.99. The van der Waals surface area contributed by atoms with E-state index in [0.717, 1.165) is 49.8 Å². The van der Waals surface area contributed by atoms with E-state index in [2.05, 4.69) is 168 Å². The van der Waals surface area contributed by atoms with Gasteiger partial charge in [0.2, 0.25) is 0 Å². The lowest BCUT2D eigenvalue weighted by molar-refractivity contribution is 0.488. The molecule has 2 heterocycles. The summed E-state index contributed by atoms with van der Waals surface area (Å²) in [5, 5.41) is 0. The monoisotopic (exact) mass is 960 g/mol. The van der Waals surface area contributed by atoms with Crippen molar-refractivity contribution in [2.45, 2.75) is 105 Å². The van der Waals surface area contributed by atoms with Crippen LogP contribution in [0.5, 0.6) is 11.5 Å². The number of nitrogens with zero attached hydrogens (tertiary/aromatic N) is 1. The second kappa shape index (κ2) is 17.7. The second-order valence-corrected chi connectivity index (χ2v) is 24.0. The second-order valence-electron chi connectivity index (χ2n) is 24.0. The lowest BCUT2D eigenvalue weighted by atomic mass is 9.34. The van der Waals surface area contributed by atoms with E-state index in [1.165, 1.54) is 22.3 Å². The van der Waals surface area contributed by atoms with Crippen molar-refractivity contribution in [3.63, 3.8) is 0 Å². The van der Waals surface area contributed by atoms with Crippen LogP contribution in [-0.4, -0.2) is 6.71 Å². The number of fused-ring (bicyclic) bond motifs is 4. The summed E-state index contributed by atoms with van der Waals surface area (Å²) in [5.74, 6) is 1.26. The van der Waals surface area contributed by atoms with Crippen LogP contribution in [0, 0.1) is 0 Å². The Morgan fingerprint density at radius 2 is 0.836 bits per heavy atom. The zero-order valence-electron chi connectivity index (χ0n) is 54.1. The summed E-state index contributed by atoms with van der Waals surface area (Å²) in [4.78, 5) is 2.01. The topological polar surface area (TPSA) is 12.5 Å². The third-order valence-corrected chi connectivity index (χ3v) is 14.7. The molecule has 2 nitrogen and oxygen atoms in total. The lowest BCUT2D eigenvalue weighted by Gasteiger charge is -2.42. The molecule has 0 bridgehead atoms. The van der Waals surface area contributed by atoms with E-state index in [0.29, 0.717) is 22.9 Å². The fourth-order valence-electron chi connectivity index (χ4n) is 10.4. The van der Waals surface area contributed by atoms with Crippen molar-refractivity contribution >= 4 is 40.2 Å². The number of hydrogen-bond acceptors (Lipinski definition) is 2. The van der Waals surface area contributed by atoms with Gasteiger partial charge >= 0.3 is 0 Å². The molecule has 0 radical (unpaired) electrons. The Kier molecular flexibility index (Phi) is 9.07. The van der Waals surface area contributed by atoms with E-state index in [-0.39, 0.29) is 49.6 Å². The molecule has 362 valence electrons. The summed E-state index contributed by atoms with van der Waals surface area (Å²) in [6.07, 6.45) is 0. The quantitative estimate of drug-likeness (QED) is 0.154. The SMILES string of the molecule is [2H]c1c([2H])c([2H])c(-c2cccc(-c3c([2H])c([2H])c([2H])c([2H])c3[2H])c2N2c3ccc(-c4cc(C(C)(C)C)cc(C(C)(C)C)c4)cc3B3c4cc(-c5cc(C(C)(C)C)cc(C(C)(C)C)c5)ccc4Oc4cc(-c5ccccc5)cc2c43)c([2H])c1[2H]. The van der Waals surface area contributed by atoms with Crippen molar-refractivity contribution in [2.75, 3.05) is 4.90 Å². The minimum atomic E-state index is -0.560. The highest BCUT2D eigenvalue weighted by Gasteiger charge is 2.44. The number of rotatable bonds is 6. The molecular formula is C70H68BNO. The predicted molar refractivity (Wildman–Crippen MR) is 314 cm³/mol. The molecule has 0 N–H and O–H groups in total. The van der Waals surface area contributed by atoms with Crippen LogP contribution in [0.3, 0.4) is 0 Å². The van der Waals surface area contributed by atoms with E-state index in [9.17, 15) is 5.48 Å². The van der Waals surface area contributed by atoms with Gasteiger partial charge in [-0.2, -0.15) is 0 Å². The molecule has 9 aromatic rings. The fraction of sp³-hybridized carbons (Fsp3) is 0.229. The van der Waals surface area contributed by atoms with Crippen molar-refractivity contribution in [3.05, 3.63) is 216 Å². The molecule has 3 heteroatoms. The summed E-state index contributed by atoms with van der Waals surface area (Å²) in [6, 6.07) is 40.7. The molecule has 2 aliphatic rings.